The van der Waals surface area contributed by atoms with Crippen LogP contribution in [0.1, 0.15) is 32.6 Å². The van der Waals surface area contributed by atoms with E-state index in [1.165, 1.54) is 0 Å². The lowest BCUT2D eigenvalue weighted by Gasteiger charge is -2.36. The molecule has 0 bridgehead atoms. The molecule has 0 radical (unpaired) electrons. The van der Waals surface area contributed by atoms with Crippen LogP contribution in [0.2, 0.25) is 0 Å². The van der Waals surface area contributed by atoms with Gasteiger partial charge >= 0.3 is 0 Å². The Balaban J connectivity index is 1.90. The molecule has 1 unspecified atom stereocenters. The molecule has 6 heteroatoms. The van der Waals surface area contributed by atoms with E-state index in [-0.39, 0.29) is 11.3 Å². The molecule has 1 heterocycles. The molecule has 5 nitrogen and oxygen atoms in total. The van der Waals surface area contributed by atoms with Crippen LogP contribution in [0.4, 0.5) is 0 Å². The van der Waals surface area contributed by atoms with Crippen LogP contribution in [0.15, 0.2) is 0 Å². The summed E-state index contributed by atoms with van der Waals surface area (Å²) in [7, 11) is -3.03. The van der Waals surface area contributed by atoms with Crippen LogP contribution in [0.3, 0.4) is 0 Å². The van der Waals surface area contributed by atoms with Crippen LogP contribution in [0.25, 0.3) is 0 Å². The zero-order chi connectivity index (χ0) is 13.2. The molecule has 1 saturated carbocycles. The summed E-state index contributed by atoms with van der Waals surface area (Å²) in [5.41, 5.74) is 0. The number of hydrogen-bond donors (Lipinski definition) is 0. The lowest BCUT2D eigenvalue weighted by atomic mass is 10.1. The first kappa shape index (κ1) is 13.8. The van der Waals surface area contributed by atoms with Gasteiger partial charge in [-0.3, -0.25) is 4.90 Å². The van der Waals surface area contributed by atoms with Crippen LogP contribution >= 0.6 is 0 Å². The van der Waals surface area contributed by atoms with Crippen LogP contribution in [0.5, 0.6) is 0 Å². The summed E-state index contributed by atoms with van der Waals surface area (Å²) in [5.74, 6) is 0. The number of nitrogens with zero attached hydrogens (tertiary/aromatic N) is 3. The Labute approximate surface area is 109 Å². The first-order valence-electron chi connectivity index (χ1n) is 6.72. The molecular weight excluding hydrogens is 250 g/mol. The molecule has 0 spiro atoms. The summed E-state index contributed by atoms with van der Waals surface area (Å²) in [5, 5.41) is 8.99. The SMILES string of the molecule is CCCC(C#N)N1CCN(S(=O)(=O)C2CC2)CC1. The second-order valence-electron chi connectivity index (χ2n) is 5.11. The highest BCUT2D eigenvalue weighted by Crippen LogP contribution is 2.31. The molecule has 0 amide bonds. The Morgan fingerprint density at radius 3 is 2.33 bits per heavy atom. The van der Waals surface area contributed by atoms with E-state index in [9.17, 15) is 8.42 Å². The van der Waals surface area contributed by atoms with Crippen LogP contribution in [0, 0.1) is 11.3 Å². The normalized spacial score (nSPS) is 24.7. The summed E-state index contributed by atoms with van der Waals surface area (Å²) in [6.45, 7) is 4.52. The van der Waals surface area contributed by atoms with Crippen molar-refractivity contribution in [2.75, 3.05) is 26.2 Å². The monoisotopic (exact) mass is 271 g/mol. The summed E-state index contributed by atoms with van der Waals surface area (Å²) in [6.07, 6.45) is 3.49. The Morgan fingerprint density at radius 2 is 1.89 bits per heavy atom. The fraction of sp³-hybridized carbons (Fsp3) is 0.917. The third kappa shape index (κ3) is 2.85. The van der Waals surface area contributed by atoms with E-state index < -0.39 is 10.0 Å². The van der Waals surface area contributed by atoms with E-state index in [4.69, 9.17) is 5.26 Å². The second-order valence-corrected chi connectivity index (χ2v) is 7.33. The summed E-state index contributed by atoms with van der Waals surface area (Å²) < 4.78 is 25.7. The van der Waals surface area contributed by atoms with Gasteiger partial charge in [-0.15, -0.1) is 0 Å². The van der Waals surface area contributed by atoms with Crippen molar-refractivity contribution in [3.63, 3.8) is 0 Å². The maximum Gasteiger partial charge on any atom is 0.217 e. The molecule has 2 rings (SSSR count). The van der Waals surface area contributed by atoms with Gasteiger partial charge in [-0.2, -0.15) is 9.57 Å². The molecule has 0 aromatic heterocycles. The Bertz CT molecular complexity index is 417. The van der Waals surface area contributed by atoms with Crippen molar-refractivity contribution in [1.82, 2.24) is 9.21 Å². The molecule has 1 aliphatic carbocycles. The third-order valence-corrected chi connectivity index (χ3v) is 6.13. The van der Waals surface area contributed by atoms with Crippen molar-refractivity contribution in [3.05, 3.63) is 0 Å². The highest BCUT2D eigenvalue weighted by Gasteiger charge is 2.41. The molecule has 102 valence electrons. The van der Waals surface area contributed by atoms with E-state index in [1.807, 2.05) is 0 Å². The van der Waals surface area contributed by atoms with Crippen molar-refractivity contribution < 1.29 is 8.42 Å². The van der Waals surface area contributed by atoms with E-state index in [0.717, 1.165) is 25.7 Å². The Morgan fingerprint density at radius 1 is 1.28 bits per heavy atom. The van der Waals surface area contributed by atoms with Gasteiger partial charge < -0.3 is 0 Å². The molecule has 1 saturated heterocycles. The molecule has 2 aliphatic rings. The summed E-state index contributed by atoms with van der Waals surface area (Å²) in [4.78, 5) is 2.11. The fourth-order valence-corrected chi connectivity index (χ4v) is 4.27. The molecule has 0 aromatic rings. The second kappa shape index (κ2) is 5.55. The van der Waals surface area contributed by atoms with Crippen LogP contribution in [-0.2, 0) is 10.0 Å². The van der Waals surface area contributed by atoms with Crippen molar-refractivity contribution >= 4 is 10.0 Å². The van der Waals surface area contributed by atoms with Gasteiger partial charge in [-0.05, 0) is 19.3 Å². The van der Waals surface area contributed by atoms with Gasteiger partial charge in [-0.1, -0.05) is 13.3 Å². The predicted octanol–water partition coefficient (Wildman–Crippen LogP) is 0.788. The number of sulfonamides is 1. The van der Waals surface area contributed by atoms with E-state index in [2.05, 4.69) is 17.9 Å². The largest absolute Gasteiger partial charge is 0.285 e. The van der Waals surface area contributed by atoms with Crippen molar-refractivity contribution in [2.45, 2.75) is 43.9 Å². The van der Waals surface area contributed by atoms with Gasteiger partial charge in [0.2, 0.25) is 10.0 Å². The lowest BCUT2D eigenvalue weighted by Crippen LogP contribution is -2.52. The van der Waals surface area contributed by atoms with E-state index >= 15 is 0 Å². The smallest absolute Gasteiger partial charge is 0.217 e. The molecule has 1 aliphatic heterocycles. The number of nitriles is 1. The minimum atomic E-state index is -3.03. The van der Waals surface area contributed by atoms with Gasteiger partial charge in [0.15, 0.2) is 0 Å². The molecule has 2 fully saturated rings. The van der Waals surface area contributed by atoms with Gasteiger partial charge in [0.1, 0.15) is 0 Å². The first-order chi connectivity index (χ1) is 8.59. The third-order valence-electron chi connectivity index (χ3n) is 3.73. The van der Waals surface area contributed by atoms with Gasteiger partial charge in [-0.25, -0.2) is 8.42 Å². The fourth-order valence-electron chi connectivity index (χ4n) is 2.45. The lowest BCUT2D eigenvalue weighted by molar-refractivity contribution is 0.156. The summed E-state index contributed by atoms with van der Waals surface area (Å²) >= 11 is 0. The minimum Gasteiger partial charge on any atom is -0.285 e. The highest BCUT2D eigenvalue weighted by atomic mass is 32.2. The standard InChI is InChI=1S/C12H21N3O2S/c1-2-3-11(10-13)14-6-8-15(9-7-14)18(16,17)12-4-5-12/h11-12H,2-9H2,1H3. The number of piperazine rings is 1. The maximum atomic E-state index is 12.1. The van der Waals surface area contributed by atoms with Gasteiger partial charge in [0.05, 0.1) is 17.4 Å². The average molecular weight is 271 g/mol. The van der Waals surface area contributed by atoms with E-state index in [1.54, 1.807) is 4.31 Å². The zero-order valence-corrected chi connectivity index (χ0v) is 11.7. The van der Waals surface area contributed by atoms with Crippen LogP contribution in [-0.4, -0.2) is 55.1 Å². The van der Waals surface area contributed by atoms with Crippen molar-refractivity contribution in [3.8, 4) is 6.07 Å². The predicted molar refractivity (Wildman–Crippen MR) is 69.4 cm³/mol. The topological polar surface area (TPSA) is 64.4 Å². The maximum absolute atomic E-state index is 12.1. The van der Waals surface area contributed by atoms with Crippen molar-refractivity contribution in [1.29, 1.82) is 5.26 Å². The average Bonchev–Trinajstić information content (AvgIpc) is 3.20. The Kier molecular flexibility index (Phi) is 4.25. The molecular formula is C12H21N3O2S. The quantitative estimate of drug-likeness (QED) is 0.741. The van der Waals surface area contributed by atoms with Gasteiger partial charge in [0, 0.05) is 26.2 Å². The van der Waals surface area contributed by atoms with Crippen LogP contribution < -0.4 is 0 Å². The van der Waals surface area contributed by atoms with Gasteiger partial charge in [0.25, 0.3) is 0 Å². The minimum absolute atomic E-state index is 0.0548. The number of hydrogen-bond acceptors (Lipinski definition) is 4. The summed E-state index contributed by atoms with van der Waals surface area (Å²) in [6, 6.07) is 2.26. The van der Waals surface area contributed by atoms with E-state index in [0.29, 0.717) is 26.2 Å². The molecule has 1 atom stereocenters. The Hall–Kier alpha value is -0.640. The molecule has 0 N–H and O–H groups in total. The molecule has 18 heavy (non-hydrogen) atoms. The number of rotatable bonds is 5. The first-order valence-corrected chi connectivity index (χ1v) is 8.22. The highest BCUT2D eigenvalue weighted by molar-refractivity contribution is 7.90. The zero-order valence-electron chi connectivity index (χ0n) is 10.9. The molecule has 0 aromatic carbocycles. The van der Waals surface area contributed by atoms with Crippen molar-refractivity contribution in [2.24, 2.45) is 0 Å².